The molecule has 7 heteroatoms. The van der Waals surface area contributed by atoms with Gasteiger partial charge in [-0.15, -0.1) is 0 Å². The predicted molar refractivity (Wildman–Crippen MR) is 146 cm³/mol. The highest BCUT2D eigenvalue weighted by Crippen LogP contribution is 2.59. The summed E-state index contributed by atoms with van der Waals surface area (Å²) in [6.07, 6.45) is 6.30. The number of amides is 3. The molecule has 1 aromatic carbocycles. The number of piperazine rings is 1. The zero-order chi connectivity index (χ0) is 26.2. The lowest BCUT2D eigenvalue weighted by atomic mass is 9.49. The Hall–Kier alpha value is -3.06. The fourth-order valence-electron chi connectivity index (χ4n) is 6.32. The molecule has 1 saturated heterocycles. The number of allylic oxidation sites excluding steroid dienone is 1. The first-order chi connectivity index (χ1) is 17.7. The van der Waals surface area contributed by atoms with Gasteiger partial charge in [0.1, 0.15) is 0 Å². The van der Waals surface area contributed by atoms with E-state index in [9.17, 15) is 9.59 Å². The van der Waals surface area contributed by atoms with Crippen molar-refractivity contribution in [3.63, 3.8) is 0 Å². The van der Waals surface area contributed by atoms with Gasteiger partial charge >= 0.3 is 6.03 Å². The van der Waals surface area contributed by atoms with Crippen molar-refractivity contribution in [1.29, 1.82) is 0 Å². The Balaban J connectivity index is 1.17. The topological polar surface area (TPSA) is 69.0 Å². The number of furan rings is 1. The summed E-state index contributed by atoms with van der Waals surface area (Å²) in [7, 11) is 0. The maximum absolute atomic E-state index is 13.3. The first kappa shape index (κ1) is 25.6. The molecular formula is C30H40N4O3. The van der Waals surface area contributed by atoms with Crippen molar-refractivity contribution in [3.05, 3.63) is 65.1 Å². The van der Waals surface area contributed by atoms with E-state index >= 15 is 0 Å². The van der Waals surface area contributed by atoms with Crippen LogP contribution in [-0.2, 0) is 0 Å². The van der Waals surface area contributed by atoms with E-state index in [1.54, 1.807) is 18.4 Å². The molecule has 2 unspecified atom stereocenters. The first-order valence-corrected chi connectivity index (χ1v) is 13.6. The molecule has 2 fully saturated rings. The van der Waals surface area contributed by atoms with E-state index in [0.29, 0.717) is 43.3 Å². The average Bonchev–Trinajstić information content (AvgIpc) is 3.43. The minimum Gasteiger partial charge on any atom is -0.459 e. The molecule has 0 radical (unpaired) electrons. The maximum Gasteiger partial charge on any atom is 0.321 e. The van der Waals surface area contributed by atoms with Crippen LogP contribution < -0.4 is 5.32 Å². The molecular weight excluding hydrogens is 464 g/mol. The number of nitrogens with one attached hydrogen (secondary N) is 1. The number of aryl methyl sites for hydroxylation is 2. The van der Waals surface area contributed by atoms with Crippen LogP contribution in [-0.4, -0.2) is 72.5 Å². The van der Waals surface area contributed by atoms with Crippen LogP contribution in [0.4, 0.5) is 10.5 Å². The monoisotopic (exact) mass is 504 g/mol. The van der Waals surface area contributed by atoms with Crippen LogP contribution in [0.3, 0.4) is 0 Å². The number of carbonyl (C=O) groups is 2. The van der Waals surface area contributed by atoms with Gasteiger partial charge in [0.2, 0.25) is 0 Å². The normalized spacial score (nSPS) is 22.7. The standard InChI is InChI=1S/C30H40N4O3/c1-21-7-5-8-22(2)27(21)31-29(36)33-15-12-32(13-16-33)14-17-34(28(35)26-9-6-18-37-26)20-23-10-11-24-19-25(23)30(24,3)4/h5-10,18,24-25H,11-17,19-20H2,1-4H3,(H,31,36). The quantitative estimate of drug-likeness (QED) is 0.528. The second kappa shape index (κ2) is 10.4. The molecule has 2 atom stereocenters. The molecule has 1 aliphatic heterocycles. The van der Waals surface area contributed by atoms with Crippen molar-refractivity contribution in [3.8, 4) is 0 Å². The van der Waals surface area contributed by atoms with Crippen molar-refractivity contribution in [2.24, 2.45) is 17.3 Å². The smallest absolute Gasteiger partial charge is 0.321 e. The van der Waals surface area contributed by atoms with Crippen molar-refractivity contribution in [1.82, 2.24) is 14.7 Å². The summed E-state index contributed by atoms with van der Waals surface area (Å²) in [5, 5.41) is 3.10. The molecule has 37 heavy (non-hydrogen) atoms. The van der Waals surface area contributed by atoms with Crippen molar-refractivity contribution in [2.45, 2.75) is 40.5 Å². The van der Waals surface area contributed by atoms with Crippen LogP contribution in [0.25, 0.3) is 0 Å². The zero-order valence-electron chi connectivity index (χ0n) is 22.6. The van der Waals surface area contributed by atoms with Crippen molar-refractivity contribution in [2.75, 3.05) is 51.1 Å². The van der Waals surface area contributed by atoms with Gasteiger partial charge in [0, 0.05) is 51.5 Å². The van der Waals surface area contributed by atoms with Gasteiger partial charge in [0.15, 0.2) is 5.76 Å². The van der Waals surface area contributed by atoms with Gasteiger partial charge in [0.25, 0.3) is 5.91 Å². The second-order valence-electron chi connectivity index (χ2n) is 11.6. The largest absolute Gasteiger partial charge is 0.459 e. The summed E-state index contributed by atoms with van der Waals surface area (Å²) in [4.78, 5) is 32.4. The average molecular weight is 505 g/mol. The molecule has 1 N–H and O–H groups in total. The Kier molecular flexibility index (Phi) is 7.17. The highest BCUT2D eigenvalue weighted by atomic mass is 16.3. The minimum atomic E-state index is -0.0447. The fourth-order valence-corrected chi connectivity index (χ4v) is 6.32. The van der Waals surface area contributed by atoms with Crippen LogP contribution in [0.2, 0.25) is 0 Å². The van der Waals surface area contributed by atoms with E-state index in [1.165, 1.54) is 12.0 Å². The van der Waals surface area contributed by atoms with Gasteiger partial charge in [-0.2, -0.15) is 0 Å². The maximum atomic E-state index is 13.3. The van der Waals surface area contributed by atoms with Crippen LogP contribution in [0.15, 0.2) is 52.7 Å². The minimum absolute atomic E-state index is 0.0441. The summed E-state index contributed by atoms with van der Waals surface area (Å²) < 4.78 is 5.47. The number of nitrogens with zero attached hydrogens (tertiary/aromatic N) is 3. The summed E-state index contributed by atoms with van der Waals surface area (Å²) in [5.41, 5.74) is 4.78. The van der Waals surface area contributed by atoms with Gasteiger partial charge in [-0.1, -0.05) is 43.7 Å². The number of para-hydroxylation sites is 1. The molecule has 2 heterocycles. The SMILES string of the molecule is Cc1cccc(C)c1NC(=O)N1CCN(CCN(CC2=CCC3CC2C3(C)C)C(=O)c2ccco2)CC1. The Labute approximate surface area is 220 Å². The van der Waals surface area contributed by atoms with Crippen LogP contribution in [0, 0.1) is 31.1 Å². The summed E-state index contributed by atoms with van der Waals surface area (Å²) in [5.74, 6) is 1.70. The van der Waals surface area contributed by atoms with E-state index in [1.807, 2.05) is 41.8 Å². The molecule has 3 aliphatic carbocycles. The molecule has 1 saturated carbocycles. The molecule has 3 amide bonds. The second-order valence-corrected chi connectivity index (χ2v) is 11.6. The van der Waals surface area contributed by atoms with Gasteiger partial charge in [-0.3, -0.25) is 9.69 Å². The third kappa shape index (κ3) is 5.19. The molecule has 0 spiro atoms. The van der Waals surface area contributed by atoms with E-state index in [4.69, 9.17) is 4.42 Å². The highest BCUT2D eigenvalue weighted by molar-refractivity contribution is 5.92. The van der Waals surface area contributed by atoms with Gasteiger partial charge < -0.3 is 19.5 Å². The number of anilines is 1. The zero-order valence-corrected chi connectivity index (χ0v) is 22.6. The van der Waals surface area contributed by atoms with Crippen LogP contribution in [0.1, 0.15) is 48.4 Å². The predicted octanol–water partition coefficient (Wildman–Crippen LogP) is 5.18. The highest BCUT2D eigenvalue weighted by Gasteiger charge is 2.51. The summed E-state index contributed by atoms with van der Waals surface area (Å²) in [6.45, 7) is 13.8. The van der Waals surface area contributed by atoms with Crippen LogP contribution in [0.5, 0.6) is 0 Å². The molecule has 4 aliphatic rings. The Morgan fingerprint density at radius 1 is 1.08 bits per heavy atom. The molecule has 1 aromatic heterocycles. The number of hydrogen-bond donors (Lipinski definition) is 1. The Bertz CT molecular complexity index is 1140. The van der Waals surface area contributed by atoms with Gasteiger partial charge in [-0.05, 0) is 67.2 Å². The Morgan fingerprint density at radius 3 is 2.43 bits per heavy atom. The fraction of sp³-hybridized carbons (Fsp3) is 0.533. The van der Waals surface area contributed by atoms with E-state index < -0.39 is 0 Å². The number of fused-ring (bicyclic) bond motifs is 1. The Morgan fingerprint density at radius 2 is 1.81 bits per heavy atom. The van der Waals surface area contributed by atoms with E-state index in [0.717, 1.165) is 48.8 Å². The van der Waals surface area contributed by atoms with Gasteiger partial charge in [0.05, 0.1) is 6.26 Å². The summed E-state index contributed by atoms with van der Waals surface area (Å²) in [6, 6.07) is 9.52. The lowest BCUT2D eigenvalue weighted by Crippen LogP contribution is -2.53. The molecule has 198 valence electrons. The lowest BCUT2D eigenvalue weighted by Gasteiger charge is -2.57. The van der Waals surface area contributed by atoms with Crippen molar-refractivity contribution >= 4 is 17.6 Å². The molecule has 2 aromatic rings. The lowest BCUT2D eigenvalue weighted by molar-refractivity contribution is -0.0106. The van der Waals surface area contributed by atoms with Crippen molar-refractivity contribution < 1.29 is 14.0 Å². The first-order valence-electron chi connectivity index (χ1n) is 13.6. The molecule has 6 rings (SSSR count). The number of benzene rings is 1. The molecule has 7 nitrogen and oxygen atoms in total. The third-order valence-corrected chi connectivity index (χ3v) is 9.03. The summed E-state index contributed by atoms with van der Waals surface area (Å²) >= 11 is 0. The van der Waals surface area contributed by atoms with Gasteiger partial charge in [-0.25, -0.2) is 4.79 Å². The number of urea groups is 1. The van der Waals surface area contributed by atoms with E-state index in [-0.39, 0.29) is 11.9 Å². The number of rotatable bonds is 7. The van der Waals surface area contributed by atoms with Crippen LogP contribution >= 0.6 is 0 Å². The number of carbonyl (C=O) groups excluding carboxylic acids is 2. The number of hydrogen-bond acceptors (Lipinski definition) is 4. The third-order valence-electron chi connectivity index (χ3n) is 9.03. The molecule has 2 bridgehead atoms. The van der Waals surface area contributed by atoms with E-state index in [2.05, 4.69) is 30.1 Å².